The molecule has 1 N–H and O–H groups in total. The van der Waals surface area contributed by atoms with Crippen LogP contribution in [0, 0.1) is 5.92 Å². The van der Waals surface area contributed by atoms with Gasteiger partial charge in [-0.1, -0.05) is 30.3 Å². The lowest BCUT2D eigenvalue weighted by Crippen LogP contribution is -2.37. The first kappa shape index (κ1) is 18.4. The molecule has 0 aliphatic carbocycles. The minimum Gasteiger partial charge on any atom is -0.376 e. The molecule has 1 heterocycles. The molecule has 0 aromatic heterocycles. The maximum atomic E-state index is 5.93. The zero-order valence-corrected chi connectivity index (χ0v) is 15.3. The van der Waals surface area contributed by atoms with Crippen LogP contribution in [0.3, 0.4) is 0 Å². The maximum absolute atomic E-state index is 5.93. The maximum Gasteiger partial charge on any atom is 0.0629 e. The molecule has 0 bridgehead atoms. The third-order valence-electron chi connectivity index (χ3n) is 4.90. The Morgan fingerprint density at radius 3 is 2.61 bits per heavy atom. The van der Waals surface area contributed by atoms with E-state index in [2.05, 4.69) is 68.5 Å². The summed E-state index contributed by atoms with van der Waals surface area (Å²) in [6.45, 7) is 8.61. The van der Waals surface area contributed by atoms with Crippen LogP contribution in [0.25, 0.3) is 0 Å². The standard InChI is InChI=1S/C20H34N2O/c1-20(2)16-18(11-15-23-20)19(17-8-6-5-7-9-17)10-12-21-13-14-22(3)4/h5-9,18-19,21H,10-16H2,1-4H3/t18-,19+/m1/s1. The highest BCUT2D eigenvalue weighted by Crippen LogP contribution is 2.39. The van der Waals surface area contributed by atoms with Crippen molar-refractivity contribution < 1.29 is 4.74 Å². The van der Waals surface area contributed by atoms with Crippen LogP contribution in [0.2, 0.25) is 0 Å². The second kappa shape index (κ2) is 8.81. The van der Waals surface area contributed by atoms with E-state index in [-0.39, 0.29) is 5.60 Å². The summed E-state index contributed by atoms with van der Waals surface area (Å²) in [7, 11) is 4.25. The van der Waals surface area contributed by atoms with E-state index in [9.17, 15) is 0 Å². The number of rotatable bonds is 8. The van der Waals surface area contributed by atoms with Crippen molar-refractivity contribution in [3.63, 3.8) is 0 Å². The van der Waals surface area contributed by atoms with Crippen molar-refractivity contribution in [3.05, 3.63) is 35.9 Å². The van der Waals surface area contributed by atoms with Crippen LogP contribution < -0.4 is 5.32 Å². The molecule has 1 saturated heterocycles. The second-order valence-electron chi connectivity index (χ2n) is 7.72. The van der Waals surface area contributed by atoms with E-state index in [1.54, 1.807) is 0 Å². The predicted molar refractivity (Wildman–Crippen MR) is 98.0 cm³/mol. The average Bonchev–Trinajstić information content (AvgIpc) is 2.50. The van der Waals surface area contributed by atoms with Gasteiger partial charge in [-0.05, 0) is 71.1 Å². The highest BCUT2D eigenvalue weighted by Gasteiger charge is 2.33. The fourth-order valence-corrected chi connectivity index (χ4v) is 3.68. The summed E-state index contributed by atoms with van der Waals surface area (Å²) in [5, 5.41) is 3.60. The molecule has 3 heteroatoms. The van der Waals surface area contributed by atoms with Gasteiger partial charge in [0.2, 0.25) is 0 Å². The van der Waals surface area contributed by atoms with Crippen LogP contribution in [-0.2, 0) is 4.74 Å². The highest BCUT2D eigenvalue weighted by atomic mass is 16.5. The Labute approximate surface area is 142 Å². The lowest BCUT2D eigenvalue weighted by atomic mass is 9.75. The first-order chi connectivity index (χ1) is 11.0. The minimum absolute atomic E-state index is 0.0221. The number of nitrogens with zero attached hydrogens (tertiary/aromatic N) is 1. The van der Waals surface area contributed by atoms with Crippen LogP contribution in [0.5, 0.6) is 0 Å². The van der Waals surface area contributed by atoms with Crippen molar-refractivity contribution in [2.45, 2.75) is 44.6 Å². The average molecular weight is 319 g/mol. The first-order valence-electron chi connectivity index (χ1n) is 9.02. The molecule has 1 aliphatic heterocycles. The number of nitrogens with one attached hydrogen (secondary N) is 1. The molecule has 0 radical (unpaired) electrons. The molecule has 0 amide bonds. The van der Waals surface area contributed by atoms with Gasteiger partial charge in [-0.15, -0.1) is 0 Å². The van der Waals surface area contributed by atoms with E-state index in [1.165, 1.54) is 18.4 Å². The van der Waals surface area contributed by atoms with Gasteiger partial charge in [0.05, 0.1) is 5.60 Å². The summed E-state index contributed by atoms with van der Waals surface area (Å²) in [6, 6.07) is 11.1. The zero-order valence-electron chi connectivity index (χ0n) is 15.3. The fraction of sp³-hybridized carbons (Fsp3) is 0.700. The molecule has 0 spiro atoms. The summed E-state index contributed by atoms with van der Waals surface area (Å²) >= 11 is 0. The molecule has 23 heavy (non-hydrogen) atoms. The third-order valence-corrected chi connectivity index (χ3v) is 4.90. The van der Waals surface area contributed by atoms with Gasteiger partial charge in [0.15, 0.2) is 0 Å². The summed E-state index contributed by atoms with van der Waals surface area (Å²) in [6.07, 6.45) is 3.54. The van der Waals surface area contributed by atoms with Crippen molar-refractivity contribution in [2.24, 2.45) is 5.92 Å². The lowest BCUT2D eigenvalue weighted by Gasteiger charge is -2.39. The Bertz CT molecular complexity index is 444. The van der Waals surface area contributed by atoms with Gasteiger partial charge in [0.1, 0.15) is 0 Å². The molecule has 0 saturated carbocycles. The van der Waals surface area contributed by atoms with E-state index in [1.807, 2.05) is 0 Å². The molecule has 130 valence electrons. The van der Waals surface area contributed by atoms with E-state index >= 15 is 0 Å². The molecule has 2 rings (SSSR count). The van der Waals surface area contributed by atoms with Crippen molar-refractivity contribution in [1.29, 1.82) is 0 Å². The van der Waals surface area contributed by atoms with Crippen LogP contribution in [0.15, 0.2) is 30.3 Å². The van der Waals surface area contributed by atoms with Gasteiger partial charge in [-0.3, -0.25) is 0 Å². The van der Waals surface area contributed by atoms with Crippen LogP contribution in [0.4, 0.5) is 0 Å². The number of hydrogen-bond donors (Lipinski definition) is 1. The summed E-state index contributed by atoms with van der Waals surface area (Å²) in [5.74, 6) is 1.35. The quantitative estimate of drug-likeness (QED) is 0.742. The molecule has 3 nitrogen and oxygen atoms in total. The largest absolute Gasteiger partial charge is 0.376 e. The van der Waals surface area contributed by atoms with Crippen LogP contribution in [-0.4, -0.2) is 50.8 Å². The fourth-order valence-electron chi connectivity index (χ4n) is 3.68. The van der Waals surface area contributed by atoms with E-state index in [0.717, 1.165) is 38.6 Å². The molecule has 2 atom stereocenters. The second-order valence-corrected chi connectivity index (χ2v) is 7.72. The van der Waals surface area contributed by atoms with Crippen molar-refractivity contribution in [3.8, 4) is 0 Å². The summed E-state index contributed by atoms with van der Waals surface area (Å²) < 4.78 is 5.93. The number of hydrogen-bond acceptors (Lipinski definition) is 3. The monoisotopic (exact) mass is 318 g/mol. The van der Waals surface area contributed by atoms with Crippen molar-refractivity contribution in [2.75, 3.05) is 40.3 Å². The zero-order chi connectivity index (χ0) is 16.7. The molecular weight excluding hydrogens is 284 g/mol. The normalized spacial score (nSPS) is 22.2. The van der Waals surface area contributed by atoms with Gasteiger partial charge in [-0.25, -0.2) is 0 Å². The molecule has 0 unspecified atom stereocenters. The van der Waals surface area contributed by atoms with Gasteiger partial charge in [0, 0.05) is 19.7 Å². The predicted octanol–water partition coefficient (Wildman–Crippen LogP) is 3.52. The Morgan fingerprint density at radius 1 is 1.22 bits per heavy atom. The van der Waals surface area contributed by atoms with Crippen molar-refractivity contribution >= 4 is 0 Å². The number of likely N-dealkylation sites (N-methyl/N-ethyl adjacent to an activating group) is 1. The van der Waals surface area contributed by atoms with Gasteiger partial charge >= 0.3 is 0 Å². The molecule has 1 fully saturated rings. The number of benzene rings is 1. The molecule has 1 aliphatic rings. The Balaban J connectivity index is 1.95. The van der Waals surface area contributed by atoms with E-state index < -0.39 is 0 Å². The van der Waals surface area contributed by atoms with Crippen LogP contribution in [0.1, 0.15) is 44.6 Å². The molecule has 1 aromatic carbocycles. The topological polar surface area (TPSA) is 24.5 Å². The first-order valence-corrected chi connectivity index (χ1v) is 9.02. The summed E-state index contributed by atoms with van der Waals surface area (Å²) in [5.41, 5.74) is 1.51. The van der Waals surface area contributed by atoms with Gasteiger partial charge < -0.3 is 15.0 Å². The Kier molecular flexibility index (Phi) is 7.07. The van der Waals surface area contributed by atoms with Gasteiger partial charge in [0.25, 0.3) is 0 Å². The molecular formula is C20H34N2O. The van der Waals surface area contributed by atoms with E-state index in [0.29, 0.717) is 5.92 Å². The van der Waals surface area contributed by atoms with E-state index in [4.69, 9.17) is 4.74 Å². The number of ether oxygens (including phenoxy) is 1. The van der Waals surface area contributed by atoms with Gasteiger partial charge in [-0.2, -0.15) is 0 Å². The smallest absolute Gasteiger partial charge is 0.0629 e. The third kappa shape index (κ3) is 6.25. The summed E-state index contributed by atoms with van der Waals surface area (Å²) in [4.78, 5) is 2.22. The Hall–Kier alpha value is -0.900. The molecule has 1 aromatic rings. The van der Waals surface area contributed by atoms with Crippen molar-refractivity contribution in [1.82, 2.24) is 10.2 Å². The minimum atomic E-state index is 0.0221. The SMILES string of the molecule is CN(C)CCNCC[C@@H](c1ccccc1)[C@@H]1CCOC(C)(C)C1. The lowest BCUT2D eigenvalue weighted by molar-refractivity contribution is -0.0771. The highest BCUT2D eigenvalue weighted by molar-refractivity contribution is 5.20. The van der Waals surface area contributed by atoms with Crippen LogP contribution >= 0.6 is 0 Å². The Morgan fingerprint density at radius 2 is 1.96 bits per heavy atom.